The van der Waals surface area contributed by atoms with Crippen molar-refractivity contribution in [1.29, 1.82) is 0 Å². The van der Waals surface area contributed by atoms with Gasteiger partial charge in [-0.15, -0.1) is 0 Å². The fraction of sp³-hybridized carbons (Fsp3) is 0.235. The van der Waals surface area contributed by atoms with Crippen LogP contribution in [0.2, 0.25) is 0 Å². The molecule has 258 valence electrons. The van der Waals surface area contributed by atoms with Gasteiger partial charge in [0.25, 0.3) is 0 Å². The van der Waals surface area contributed by atoms with Crippen molar-refractivity contribution in [2.75, 3.05) is 33.7 Å². The number of methoxy groups -OCH3 is 3. The second kappa shape index (κ2) is 14.6. The van der Waals surface area contributed by atoms with Crippen molar-refractivity contribution in [1.82, 2.24) is 19.5 Å². The van der Waals surface area contributed by atoms with Crippen molar-refractivity contribution in [3.8, 4) is 17.2 Å². The first kappa shape index (κ1) is 33.9. The summed E-state index contributed by atoms with van der Waals surface area (Å²) >= 11 is 5.35. The smallest absolute Gasteiger partial charge is 0.338 e. The molecule has 0 radical (unpaired) electrons. The van der Waals surface area contributed by atoms with E-state index in [9.17, 15) is 14.4 Å². The summed E-state index contributed by atoms with van der Waals surface area (Å²) in [5.41, 5.74) is 7.17. The van der Waals surface area contributed by atoms with Gasteiger partial charge in [-0.1, -0.05) is 12.2 Å². The molecule has 1 aliphatic heterocycles. The highest BCUT2D eigenvalue weighted by Crippen LogP contribution is 2.37. The van der Waals surface area contributed by atoms with Crippen LogP contribution in [0.4, 0.5) is 5.95 Å². The number of fused-ring (bicyclic) bond motifs is 1. The molecule has 4 atom stereocenters. The van der Waals surface area contributed by atoms with E-state index in [0.29, 0.717) is 28.4 Å². The normalized spacial score (nSPS) is 18.3. The number of carbonyl (C=O) groups is 3. The predicted molar refractivity (Wildman–Crippen MR) is 179 cm³/mol. The van der Waals surface area contributed by atoms with Crippen LogP contribution in [0.15, 0.2) is 79.1 Å². The molecule has 2 aromatic heterocycles. The third-order valence-corrected chi connectivity index (χ3v) is 8.15. The molecule has 1 saturated heterocycles. The fourth-order valence-electron chi connectivity index (χ4n) is 5.29. The first-order valence-electron chi connectivity index (χ1n) is 15.1. The van der Waals surface area contributed by atoms with E-state index >= 15 is 0 Å². The second-order valence-electron chi connectivity index (χ2n) is 10.9. The molecule has 50 heavy (non-hydrogen) atoms. The second-order valence-corrected chi connectivity index (χ2v) is 11.3. The van der Waals surface area contributed by atoms with Crippen LogP contribution in [0.25, 0.3) is 11.2 Å². The molecule has 0 spiro atoms. The average Bonchev–Trinajstić information content (AvgIpc) is 3.71. The maximum absolute atomic E-state index is 13.6. The van der Waals surface area contributed by atoms with E-state index in [-0.39, 0.29) is 27.3 Å². The van der Waals surface area contributed by atoms with E-state index in [1.807, 2.05) is 0 Å². The highest BCUT2D eigenvalue weighted by molar-refractivity contribution is 7.71. The molecule has 15 nitrogen and oxygen atoms in total. The minimum atomic E-state index is -1.31. The van der Waals surface area contributed by atoms with E-state index in [1.54, 1.807) is 48.5 Å². The van der Waals surface area contributed by atoms with Gasteiger partial charge in [0.2, 0.25) is 0 Å². The Hall–Kier alpha value is -6.00. The number of carbonyl (C=O) groups excluding carboxylic acids is 3. The van der Waals surface area contributed by atoms with Crippen molar-refractivity contribution in [3.05, 3.63) is 100 Å². The molecule has 16 heteroatoms. The molecule has 0 bridgehead atoms. The molecule has 0 aliphatic carbocycles. The van der Waals surface area contributed by atoms with E-state index < -0.39 is 49.1 Å². The lowest BCUT2D eigenvalue weighted by atomic mass is 10.1. The minimum absolute atomic E-state index is 0.00137. The largest absolute Gasteiger partial charge is 0.497 e. The fourth-order valence-corrected chi connectivity index (χ4v) is 5.53. The van der Waals surface area contributed by atoms with E-state index in [4.69, 9.17) is 51.1 Å². The number of nitrogens with zero attached hydrogens (tertiary/aromatic N) is 3. The zero-order chi connectivity index (χ0) is 35.4. The van der Waals surface area contributed by atoms with E-state index in [1.165, 1.54) is 56.5 Å². The lowest BCUT2D eigenvalue weighted by molar-refractivity contribution is -0.0606. The van der Waals surface area contributed by atoms with Crippen LogP contribution in [0.1, 0.15) is 37.3 Å². The standard InChI is InChI=1S/C34H31N5O10S/c1-43-21-10-4-18(5-11-21)31(40)46-16-24-26(48-32(41)19-6-12-22(44-2)13-7-19)27(49-33(42)20-8-14-23(45-3)15-9-20)30(47-24)39-17-36-25-28(39)37-34(35)38-29(25)50/h4-15,17,24,26-27,30H,16H2,1-3H3,(H3,35,37,38,50)/t24-,26-,27-,30+/m0/s1. The number of H-pyrrole nitrogens is 1. The minimum Gasteiger partial charge on any atom is -0.497 e. The Morgan fingerprint density at radius 3 is 1.76 bits per heavy atom. The van der Waals surface area contributed by atoms with Crippen molar-refractivity contribution < 1.29 is 47.5 Å². The molecular weight excluding hydrogens is 670 g/mol. The molecule has 3 aromatic carbocycles. The van der Waals surface area contributed by atoms with Gasteiger partial charge in [-0.25, -0.2) is 24.4 Å². The summed E-state index contributed by atoms with van der Waals surface area (Å²) in [5.74, 6) is -0.589. The first-order valence-corrected chi connectivity index (χ1v) is 15.5. The number of aromatic nitrogens is 4. The van der Waals surface area contributed by atoms with Crippen LogP contribution in [-0.4, -0.2) is 83.7 Å². The van der Waals surface area contributed by atoms with Gasteiger partial charge in [-0.3, -0.25) is 4.57 Å². The molecule has 0 amide bonds. The monoisotopic (exact) mass is 701 g/mol. The third-order valence-electron chi connectivity index (χ3n) is 7.87. The number of nitrogens with two attached hydrogens (primary N) is 1. The van der Waals surface area contributed by atoms with Crippen molar-refractivity contribution in [2.45, 2.75) is 24.5 Å². The quantitative estimate of drug-likeness (QED) is 0.113. The van der Waals surface area contributed by atoms with Crippen LogP contribution < -0.4 is 19.9 Å². The third kappa shape index (κ3) is 7.06. The summed E-state index contributed by atoms with van der Waals surface area (Å²) in [6.07, 6.45) is -3.55. The summed E-state index contributed by atoms with van der Waals surface area (Å²) in [7, 11) is 4.51. The molecule has 1 aliphatic rings. The Balaban J connectivity index is 1.37. The van der Waals surface area contributed by atoms with Gasteiger partial charge in [-0.05, 0) is 72.8 Å². The number of hydrogen-bond donors (Lipinski definition) is 2. The van der Waals surface area contributed by atoms with Crippen LogP contribution in [-0.2, 0) is 18.9 Å². The van der Waals surface area contributed by atoms with Gasteiger partial charge in [0.05, 0.1) is 44.3 Å². The van der Waals surface area contributed by atoms with Crippen molar-refractivity contribution in [2.24, 2.45) is 0 Å². The molecule has 1 fully saturated rings. The number of anilines is 1. The topological polar surface area (TPSA) is 188 Å². The molecule has 0 unspecified atom stereocenters. The number of hydrogen-bond acceptors (Lipinski definition) is 14. The number of rotatable bonds is 11. The SMILES string of the molecule is COc1ccc(C(=O)OC[C@@H]2O[C@@H](n3cnc4c(=S)nc(N)[nH]c43)[C@@H](OC(=O)c3ccc(OC)cc3)[C@H]2OC(=O)c2ccc(OC)cc2)cc1. The lowest BCUT2D eigenvalue weighted by Gasteiger charge is -2.25. The number of imidazole rings is 1. The Bertz CT molecular complexity index is 2070. The summed E-state index contributed by atoms with van der Waals surface area (Å²) in [6, 6.07) is 18.8. The van der Waals surface area contributed by atoms with Gasteiger partial charge in [0, 0.05) is 0 Å². The molecule has 3 N–H and O–H groups in total. The van der Waals surface area contributed by atoms with Gasteiger partial charge in [-0.2, -0.15) is 0 Å². The van der Waals surface area contributed by atoms with Gasteiger partial charge >= 0.3 is 17.9 Å². The van der Waals surface area contributed by atoms with Crippen LogP contribution >= 0.6 is 12.2 Å². The average molecular weight is 702 g/mol. The number of benzene rings is 3. The van der Waals surface area contributed by atoms with Gasteiger partial charge < -0.3 is 43.9 Å². The maximum atomic E-state index is 13.6. The number of ether oxygens (including phenoxy) is 7. The summed E-state index contributed by atoms with van der Waals surface area (Å²) in [4.78, 5) is 51.6. The number of nitrogens with one attached hydrogen (secondary N) is 1. The van der Waals surface area contributed by atoms with Crippen molar-refractivity contribution >= 4 is 47.2 Å². The molecule has 6 rings (SSSR count). The maximum Gasteiger partial charge on any atom is 0.338 e. The molecular formula is C34H31N5O10S. The Kier molecular flexibility index (Phi) is 9.92. The van der Waals surface area contributed by atoms with Gasteiger partial charge in [0.15, 0.2) is 29.0 Å². The highest BCUT2D eigenvalue weighted by atomic mass is 32.1. The lowest BCUT2D eigenvalue weighted by Crippen LogP contribution is -2.41. The summed E-state index contributed by atoms with van der Waals surface area (Å²) < 4.78 is 41.3. The van der Waals surface area contributed by atoms with E-state index in [0.717, 1.165) is 0 Å². The Labute approximate surface area is 289 Å². The molecule has 0 saturated carbocycles. The number of esters is 3. The molecule has 5 aromatic rings. The summed E-state index contributed by atoms with van der Waals surface area (Å²) in [6.45, 7) is -0.398. The van der Waals surface area contributed by atoms with Crippen LogP contribution in [0, 0.1) is 4.64 Å². The summed E-state index contributed by atoms with van der Waals surface area (Å²) in [5, 5.41) is 0. The van der Waals surface area contributed by atoms with Crippen LogP contribution in [0.3, 0.4) is 0 Å². The number of aromatic amines is 1. The zero-order valence-electron chi connectivity index (χ0n) is 26.9. The van der Waals surface area contributed by atoms with Crippen molar-refractivity contribution in [3.63, 3.8) is 0 Å². The predicted octanol–water partition coefficient (Wildman–Crippen LogP) is 4.30. The Morgan fingerprint density at radius 2 is 1.26 bits per heavy atom. The number of nitrogen functional groups attached to an aromatic ring is 1. The molecule has 3 heterocycles. The van der Waals surface area contributed by atoms with Gasteiger partial charge in [0.1, 0.15) is 41.1 Å². The first-order chi connectivity index (χ1) is 24.2. The Morgan fingerprint density at radius 1 is 0.780 bits per heavy atom. The van der Waals surface area contributed by atoms with E-state index in [2.05, 4.69) is 15.0 Å². The van der Waals surface area contributed by atoms with Crippen LogP contribution in [0.5, 0.6) is 17.2 Å². The zero-order valence-corrected chi connectivity index (χ0v) is 27.7. The highest BCUT2D eigenvalue weighted by Gasteiger charge is 2.52.